The third-order valence-corrected chi connectivity index (χ3v) is 5.29. The van der Waals surface area contributed by atoms with Gasteiger partial charge in [-0.2, -0.15) is 11.8 Å². The molecule has 0 bridgehead atoms. The molecule has 0 saturated heterocycles. The molecule has 0 atom stereocenters. The largest absolute Gasteiger partial charge is 0.383 e. The summed E-state index contributed by atoms with van der Waals surface area (Å²) in [5.74, 6) is 0. The molecule has 0 spiro atoms. The van der Waals surface area contributed by atoms with Crippen molar-refractivity contribution in [1.29, 1.82) is 0 Å². The highest BCUT2D eigenvalue weighted by atomic mass is 32.2. The lowest BCUT2D eigenvalue weighted by Gasteiger charge is -2.36. The van der Waals surface area contributed by atoms with Crippen LogP contribution in [0, 0.1) is 10.1 Å². The van der Waals surface area contributed by atoms with Gasteiger partial charge in [0.1, 0.15) is 0 Å². The first kappa shape index (κ1) is 14.2. The molecule has 1 fully saturated rings. The van der Waals surface area contributed by atoms with Gasteiger partial charge in [-0.05, 0) is 25.2 Å². The van der Waals surface area contributed by atoms with E-state index >= 15 is 0 Å². The predicted octanol–water partition coefficient (Wildman–Crippen LogP) is 4.07. The van der Waals surface area contributed by atoms with Crippen LogP contribution in [0.15, 0.2) is 24.3 Å². The average molecular weight is 280 g/mol. The summed E-state index contributed by atoms with van der Waals surface area (Å²) in [5, 5.41) is 14.1. The summed E-state index contributed by atoms with van der Waals surface area (Å²) in [6, 6.07) is 6.75. The van der Waals surface area contributed by atoms with E-state index in [1.165, 1.54) is 38.2 Å². The van der Waals surface area contributed by atoms with Crippen molar-refractivity contribution in [2.45, 2.75) is 36.9 Å². The van der Waals surface area contributed by atoms with E-state index in [1.54, 1.807) is 12.1 Å². The maximum Gasteiger partial charge on any atom is 0.271 e. The smallest absolute Gasteiger partial charge is 0.271 e. The van der Waals surface area contributed by atoms with E-state index in [2.05, 4.69) is 11.6 Å². The molecule has 0 aliphatic heterocycles. The number of hydrogen-bond donors (Lipinski definition) is 1. The number of nitrogens with one attached hydrogen (secondary N) is 1. The molecule has 5 heteroatoms. The minimum atomic E-state index is -0.351. The standard InChI is InChI=1S/C14H20N2O2S/c1-19-14(8-3-2-4-9-14)11-15-12-6-5-7-13(10-12)16(17)18/h5-7,10,15H,2-4,8-9,11H2,1H3. The zero-order valence-corrected chi connectivity index (χ0v) is 12.0. The molecule has 1 saturated carbocycles. The van der Waals surface area contributed by atoms with E-state index < -0.39 is 0 Å². The van der Waals surface area contributed by atoms with E-state index in [0.29, 0.717) is 4.75 Å². The fourth-order valence-corrected chi connectivity index (χ4v) is 3.56. The Hall–Kier alpha value is -1.23. The molecule has 1 aliphatic carbocycles. The summed E-state index contributed by atoms with van der Waals surface area (Å²) >= 11 is 1.93. The number of rotatable bonds is 5. The third kappa shape index (κ3) is 3.62. The van der Waals surface area contributed by atoms with Gasteiger partial charge in [0.15, 0.2) is 0 Å². The summed E-state index contributed by atoms with van der Waals surface area (Å²) in [6.45, 7) is 0.884. The molecule has 104 valence electrons. The molecule has 0 radical (unpaired) electrons. The van der Waals surface area contributed by atoms with Crippen molar-refractivity contribution < 1.29 is 4.92 Å². The Labute approximate surface area is 118 Å². The lowest BCUT2D eigenvalue weighted by Crippen LogP contribution is -2.35. The van der Waals surface area contributed by atoms with E-state index in [9.17, 15) is 10.1 Å². The number of hydrogen-bond acceptors (Lipinski definition) is 4. The van der Waals surface area contributed by atoms with Crippen molar-refractivity contribution in [2.24, 2.45) is 0 Å². The van der Waals surface area contributed by atoms with Crippen LogP contribution in [0.5, 0.6) is 0 Å². The fraction of sp³-hybridized carbons (Fsp3) is 0.571. The number of benzene rings is 1. The number of nitro benzene ring substituents is 1. The third-order valence-electron chi connectivity index (χ3n) is 3.87. The molecule has 1 aliphatic rings. The molecule has 4 nitrogen and oxygen atoms in total. The molecular formula is C14H20N2O2S. The van der Waals surface area contributed by atoms with Crippen LogP contribution in [0.25, 0.3) is 0 Å². The second-order valence-electron chi connectivity index (χ2n) is 5.11. The Morgan fingerprint density at radius 1 is 1.37 bits per heavy atom. The monoisotopic (exact) mass is 280 g/mol. The van der Waals surface area contributed by atoms with Crippen molar-refractivity contribution in [3.8, 4) is 0 Å². The molecule has 0 aromatic heterocycles. The highest BCUT2D eigenvalue weighted by molar-refractivity contribution is 8.00. The van der Waals surface area contributed by atoms with Gasteiger partial charge in [-0.25, -0.2) is 0 Å². The lowest BCUT2D eigenvalue weighted by atomic mass is 9.88. The average Bonchev–Trinajstić information content (AvgIpc) is 2.46. The molecular weight excluding hydrogens is 260 g/mol. The minimum Gasteiger partial charge on any atom is -0.383 e. The first-order valence-corrected chi connectivity index (χ1v) is 7.91. The van der Waals surface area contributed by atoms with Crippen molar-refractivity contribution in [3.05, 3.63) is 34.4 Å². The number of thioether (sulfide) groups is 1. The quantitative estimate of drug-likeness (QED) is 0.652. The van der Waals surface area contributed by atoms with E-state index in [-0.39, 0.29) is 10.6 Å². The van der Waals surface area contributed by atoms with Crippen LogP contribution in [0.2, 0.25) is 0 Å². The Bertz CT molecular complexity index is 445. The fourth-order valence-electron chi connectivity index (χ4n) is 2.64. The van der Waals surface area contributed by atoms with Crippen LogP contribution in [0.1, 0.15) is 32.1 Å². The zero-order valence-electron chi connectivity index (χ0n) is 11.2. The van der Waals surface area contributed by atoms with Gasteiger partial charge in [-0.15, -0.1) is 0 Å². The maximum atomic E-state index is 10.8. The molecule has 2 rings (SSSR count). The van der Waals surface area contributed by atoms with Crippen LogP contribution in [-0.2, 0) is 0 Å². The normalized spacial score (nSPS) is 17.9. The summed E-state index contributed by atoms with van der Waals surface area (Å²) in [4.78, 5) is 10.4. The predicted molar refractivity (Wildman–Crippen MR) is 80.9 cm³/mol. The van der Waals surface area contributed by atoms with E-state index in [1.807, 2.05) is 17.8 Å². The summed E-state index contributed by atoms with van der Waals surface area (Å²) in [7, 11) is 0. The lowest BCUT2D eigenvalue weighted by molar-refractivity contribution is -0.384. The number of nitrogens with zero attached hydrogens (tertiary/aromatic N) is 1. The van der Waals surface area contributed by atoms with Crippen LogP contribution < -0.4 is 5.32 Å². The zero-order chi connectivity index (χ0) is 13.7. The first-order valence-electron chi connectivity index (χ1n) is 6.69. The van der Waals surface area contributed by atoms with Gasteiger partial charge in [0, 0.05) is 29.1 Å². The molecule has 1 aromatic rings. The van der Waals surface area contributed by atoms with Crippen molar-refractivity contribution in [1.82, 2.24) is 0 Å². The number of nitro groups is 1. The van der Waals surface area contributed by atoms with E-state index in [4.69, 9.17) is 0 Å². The van der Waals surface area contributed by atoms with Gasteiger partial charge in [-0.3, -0.25) is 10.1 Å². The second kappa shape index (κ2) is 6.28. The van der Waals surface area contributed by atoms with Crippen molar-refractivity contribution >= 4 is 23.1 Å². The minimum absolute atomic E-state index is 0.145. The van der Waals surface area contributed by atoms with Gasteiger partial charge in [0.05, 0.1) is 4.92 Å². The Kier molecular flexibility index (Phi) is 4.69. The van der Waals surface area contributed by atoms with Gasteiger partial charge < -0.3 is 5.32 Å². The van der Waals surface area contributed by atoms with Gasteiger partial charge in [0.25, 0.3) is 5.69 Å². The van der Waals surface area contributed by atoms with Crippen LogP contribution in [0.4, 0.5) is 11.4 Å². The Morgan fingerprint density at radius 2 is 2.11 bits per heavy atom. The molecule has 19 heavy (non-hydrogen) atoms. The SMILES string of the molecule is CSC1(CNc2cccc([N+](=O)[O-])c2)CCCCC1. The molecule has 0 unspecified atom stereocenters. The van der Waals surface area contributed by atoms with Crippen LogP contribution in [-0.4, -0.2) is 22.5 Å². The van der Waals surface area contributed by atoms with Crippen LogP contribution in [0.3, 0.4) is 0 Å². The number of non-ortho nitro benzene ring substituents is 1. The van der Waals surface area contributed by atoms with Crippen molar-refractivity contribution in [2.75, 3.05) is 18.1 Å². The van der Waals surface area contributed by atoms with Crippen molar-refractivity contribution in [3.63, 3.8) is 0 Å². The van der Waals surface area contributed by atoms with E-state index in [0.717, 1.165) is 12.2 Å². The number of anilines is 1. The topological polar surface area (TPSA) is 55.2 Å². The molecule has 1 aromatic carbocycles. The second-order valence-corrected chi connectivity index (χ2v) is 6.38. The van der Waals surface area contributed by atoms with Gasteiger partial charge >= 0.3 is 0 Å². The van der Waals surface area contributed by atoms with Gasteiger partial charge in [-0.1, -0.05) is 25.3 Å². The highest BCUT2D eigenvalue weighted by Crippen LogP contribution is 2.38. The first-order chi connectivity index (χ1) is 9.15. The summed E-state index contributed by atoms with van der Waals surface area (Å²) in [5.41, 5.74) is 0.986. The Balaban J connectivity index is 2.00. The van der Waals surface area contributed by atoms with Gasteiger partial charge in [0.2, 0.25) is 0 Å². The summed E-state index contributed by atoms with van der Waals surface area (Å²) in [6.07, 6.45) is 8.54. The maximum absolute atomic E-state index is 10.8. The Morgan fingerprint density at radius 3 is 2.74 bits per heavy atom. The van der Waals surface area contributed by atoms with Crippen LogP contribution >= 0.6 is 11.8 Å². The molecule has 0 amide bonds. The summed E-state index contributed by atoms with van der Waals surface area (Å²) < 4.78 is 0.295. The highest BCUT2D eigenvalue weighted by Gasteiger charge is 2.30. The molecule has 1 N–H and O–H groups in total. The molecule has 0 heterocycles.